The summed E-state index contributed by atoms with van der Waals surface area (Å²) in [5.41, 5.74) is 0. The van der Waals surface area contributed by atoms with Crippen LogP contribution in [0.4, 0.5) is 0 Å². The van der Waals surface area contributed by atoms with Gasteiger partial charge in [0.2, 0.25) is 5.91 Å². The number of amides is 1. The van der Waals surface area contributed by atoms with Crippen molar-refractivity contribution in [3.05, 3.63) is 0 Å². The van der Waals surface area contributed by atoms with Crippen molar-refractivity contribution in [1.82, 2.24) is 5.32 Å². The molecule has 9 nitrogen and oxygen atoms in total. The van der Waals surface area contributed by atoms with E-state index in [2.05, 4.69) is 19.2 Å². The van der Waals surface area contributed by atoms with E-state index in [1.807, 2.05) is 0 Å². The smallest absolute Gasteiger partial charge is 0.220 e. The number of carbonyl (C=O) groups is 1. The van der Waals surface area contributed by atoms with Crippen LogP contribution in [0.3, 0.4) is 0 Å². The second-order valence-corrected chi connectivity index (χ2v) is 19.7. The zero-order valence-electron chi connectivity index (χ0n) is 41.6. The van der Waals surface area contributed by atoms with Gasteiger partial charge in [-0.25, -0.2) is 0 Å². The monoisotopic (exact) mass is 898 g/mol. The largest absolute Gasteiger partial charge is 0.394 e. The summed E-state index contributed by atoms with van der Waals surface area (Å²) in [5.74, 6) is -0.137. The first kappa shape index (κ1) is 60.2. The minimum Gasteiger partial charge on any atom is -0.394 e. The Morgan fingerprint density at radius 2 is 0.794 bits per heavy atom. The van der Waals surface area contributed by atoms with Crippen LogP contribution in [0.2, 0.25) is 0 Å². The van der Waals surface area contributed by atoms with Gasteiger partial charge >= 0.3 is 0 Å². The standard InChI is InChI=1S/C54H107NO8/c1-3-5-7-9-11-13-15-17-19-20-21-22-23-24-25-26-27-28-29-30-32-34-36-38-40-42-44-50(58)55-47(46-62-54-53(61)52(60)51(59)49(45-56)63-54)48(57)43-41-39-37-35-33-31-18-16-14-12-10-8-6-4-2/h47-49,51-54,56-57,59-61H,3-46H2,1-2H3,(H,55,58)/t47-,48+,49+,51-,52?,53?,54+/m0/s1. The van der Waals surface area contributed by atoms with Crippen molar-refractivity contribution in [3.8, 4) is 0 Å². The summed E-state index contributed by atoms with van der Waals surface area (Å²) in [6.45, 7) is 3.87. The second-order valence-electron chi connectivity index (χ2n) is 19.7. The third kappa shape index (κ3) is 35.1. The molecule has 9 heteroatoms. The highest BCUT2D eigenvalue weighted by Gasteiger charge is 2.44. The van der Waals surface area contributed by atoms with E-state index in [0.29, 0.717) is 12.8 Å². The first-order valence-electron chi connectivity index (χ1n) is 27.7. The third-order valence-corrected chi connectivity index (χ3v) is 13.7. The summed E-state index contributed by atoms with van der Waals surface area (Å²) < 4.78 is 11.3. The Hall–Kier alpha value is -0.810. The lowest BCUT2D eigenvalue weighted by molar-refractivity contribution is -0.302. The maximum atomic E-state index is 13.0. The topological polar surface area (TPSA) is 149 Å². The van der Waals surface area contributed by atoms with Gasteiger partial charge in [0.25, 0.3) is 0 Å². The Labute approximate surface area is 389 Å². The van der Waals surface area contributed by atoms with Crippen LogP contribution in [0.5, 0.6) is 0 Å². The Balaban J connectivity index is 2.16. The molecule has 0 aromatic carbocycles. The molecule has 0 radical (unpaired) electrons. The maximum Gasteiger partial charge on any atom is 0.220 e. The lowest BCUT2D eigenvalue weighted by Crippen LogP contribution is -2.60. The fraction of sp³-hybridized carbons (Fsp3) is 0.981. The SMILES string of the molecule is CCCCCCCCCCCCCCCCCCCCCCCCCCCCC(=O)N[C@@H](CO[C@@H]1O[C@H](CO)[C@H](O)C(O)C1O)[C@H](O)CCCCCCCCCCCCCCCC. The van der Waals surface area contributed by atoms with Gasteiger partial charge in [-0.2, -0.15) is 0 Å². The van der Waals surface area contributed by atoms with E-state index < -0.39 is 49.5 Å². The van der Waals surface area contributed by atoms with Crippen LogP contribution >= 0.6 is 0 Å². The zero-order chi connectivity index (χ0) is 45.9. The zero-order valence-corrected chi connectivity index (χ0v) is 41.6. The van der Waals surface area contributed by atoms with Gasteiger partial charge in [0.1, 0.15) is 24.4 Å². The number of unbranched alkanes of at least 4 members (excludes halogenated alkanes) is 38. The van der Waals surface area contributed by atoms with Crippen LogP contribution < -0.4 is 5.32 Å². The first-order chi connectivity index (χ1) is 30.8. The van der Waals surface area contributed by atoms with Crippen molar-refractivity contribution >= 4 is 5.91 Å². The molecular formula is C54H107NO8. The molecule has 0 spiro atoms. The molecule has 2 unspecified atom stereocenters. The number of rotatable bonds is 48. The van der Waals surface area contributed by atoms with E-state index in [9.17, 15) is 30.3 Å². The van der Waals surface area contributed by atoms with Gasteiger partial charge in [-0.15, -0.1) is 0 Å². The van der Waals surface area contributed by atoms with Crippen molar-refractivity contribution in [1.29, 1.82) is 0 Å². The van der Waals surface area contributed by atoms with Gasteiger partial charge in [0.15, 0.2) is 6.29 Å². The lowest BCUT2D eigenvalue weighted by atomic mass is 9.99. The number of hydrogen-bond donors (Lipinski definition) is 6. The van der Waals surface area contributed by atoms with E-state index in [1.54, 1.807) is 0 Å². The summed E-state index contributed by atoms with van der Waals surface area (Å²) in [6, 6.07) is -0.712. The molecule has 1 aliphatic heterocycles. The third-order valence-electron chi connectivity index (χ3n) is 13.7. The Morgan fingerprint density at radius 3 is 1.13 bits per heavy atom. The fourth-order valence-electron chi connectivity index (χ4n) is 9.28. The van der Waals surface area contributed by atoms with Crippen LogP contribution in [-0.4, -0.2) is 87.5 Å². The summed E-state index contributed by atoms with van der Waals surface area (Å²) in [4.78, 5) is 13.0. The molecule has 1 aliphatic rings. The van der Waals surface area contributed by atoms with Crippen LogP contribution in [0.25, 0.3) is 0 Å². The van der Waals surface area contributed by atoms with Crippen molar-refractivity contribution < 1.29 is 39.8 Å². The highest BCUT2D eigenvalue weighted by Crippen LogP contribution is 2.23. The molecular weight excluding hydrogens is 791 g/mol. The quantitative estimate of drug-likeness (QED) is 0.0331. The molecule has 7 atom stereocenters. The highest BCUT2D eigenvalue weighted by molar-refractivity contribution is 5.76. The number of hydrogen-bond acceptors (Lipinski definition) is 8. The Bertz CT molecular complexity index is 955. The first-order valence-corrected chi connectivity index (χ1v) is 27.7. The van der Waals surface area contributed by atoms with Crippen LogP contribution in [0.15, 0.2) is 0 Å². The van der Waals surface area contributed by atoms with Gasteiger partial charge in [0.05, 0.1) is 25.4 Å². The molecule has 1 fully saturated rings. The molecule has 63 heavy (non-hydrogen) atoms. The van der Waals surface area contributed by atoms with Gasteiger partial charge in [-0.1, -0.05) is 264 Å². The maximum absolute atomic E-state index is 13.0. The average Bonchev–Trinajstić information content (AvgIpc) is 3.28. The molecule has 6 N–H and O–H groups in total. The van der Waals surface area contributed by atoms with Crippen molar-refractivity contribution in [3.63, 3.8) is 0 Å². The van der Waals surface area contributed by atoms with Gasteiger partial charge in [0, 0.05) is 6.42 Å². The number of aliphatic hydroxyl groups excluding tert-OH is 5. The van der Waals surface area contributed by atoms with Crippen molar-refractivity contribution in [2.45, 2.75) is 326 Å². The number of carbonyl (C=O) groups excluding carboxylic acids is 1. The summed E-state index contributed by atoms with van der Waals surface area (Å²) in [6.07, 6.45) is 45.6. The van der Waals surface area contributed by atoms with E-state index in [-0.39, 0.29) is 12.5 Å². The summed E-state index contributed by atoms with van der Waals surface area (Å²) in [7, 11) is 0. The average molecular weight is 898 g/mol. The minimum atomic E-state index is -1.55. The number of aliphatic hydroxyl groups is 5. The molecule has 0 aliphatic carbocycles. The predicted octanol–water partition coefficient (Wildman–Crippen LogP) is 13.1. The van der Waals surface area contributed by atoms with Crippen molar-refractivity contribution in [2.24, 2.45) is 0 Å². The molecule has 0 aromatic heterocycles. The van der Waals surface area contributed by atoms with Gasteiger partial charge in [-0.05, 0) is 12.8 Å². The number of nitrogens with one attached hydrogen (secondary N) is 1. The van der Waals surface area contributed by atoms with Crippen molar-refractivity contribution in [2.75, 3.05) is 13.2 Å². The van der Waals surface area contributed by atoms with Crippen LogP contribution in [-0.2, 0) is 14.3 Å². The molecule has 1 heterocycles. The van der Waals surface area contributed by atoms with Crippen LogP contribution in [0, 0.1) is 0 Å². The Kier molecular flexibility index (Phi) is 43.0. The molecule has 0 aromatic rings. The summed E-state index contributed by atoms with van der Waals surface area (Å²) >= 11 is 0. The molecule has 0 saturated carbocycles. The molecule has 376 valence electrons. The second kappa shape index (κ2) is 45.0. The lowest BCUT2D eigenvalue weighted by Gasteiger charge is -2.40. The van der Waals surface area contributed by atoms with E-state index in [4.69, 9.17) is 9.47 Å². The van der Waals surface area contributed by atoms with Gasteiger partial charge < -0.3 is 40.3 Å². The minimum absolute atomic E-state index is 0.131. The predicted molar refractivity (Wildman–Crippen MR) is 263 cm³/mol. The Morgan fingerprint density at radius 1 is 0.476 bits per heavy atom. The highest BCUT2D eigenvalue weighted by atomic mass is 16.7. The molecule has 1 saturated heterocycles. The fourth-order valence-corrected chi connectivity index (χ4v) is 9.28. The molecule has 1 rings (SSSR count). The molecule has 0 bridgehead atoms. The van der Waals surface area contributed by atoms with E-state index in [0.717, 1.165) is 38.5 Å². The van der Waals surface area contributed by atoms with Gasteiger partial charge in [-0.3, -0.25) is 4.79 Å². The van der Waals surface area contributed by atoms with E-state index >= 15 is 0 Å². The summed E-state index contributed by atoms with van der Waals surface area (Å²) in [5, 5.41) is 54.5. The van der Waals surface area contributed by atoms with Crippen LogP contribution in [0.1, 0.15) is 284 Å². The van der Waals surface area contributed by atoms with E-state index in [1.165, 1.54) is 218 Å². The normalized spacial score (nSPS) is 20.0. The number of ether oxygens (including phenoxy) is 2. The molecule has 1 amide bonds.